The third-order valence-corrected chi connectivity index (χ3v) is 4.65. The minimum Gasteiger partial charge on any atom is -0.395 e. The second kappa shape index (κ2) is 3.82. The van der Waals surface area contributed by atoms with Gasteiger partial charge in [0.25, 0.3) is 0 Å². The molecule has 0 amide bonds. The van der Waals surface area contributed by atoms with Crippen molar-refractivity contribution >= 4 is 0 Å². The first-order chi connectivity index (χ1) is 6.63. The lowest BCUT2D eigenvalue weighted by atomic mass is 9.91. The molecule has 1 N–H and O–H groups in total. The molecule has 0 aromatic rings. The first kappa shape index (κ1) is 10.4. The molecule has 5 atom stereocenters. The van der Waals surface area contributed by atoms with E-state index in [1.807, 2.05) is 0 Å². The second-order valence-electron chi connectivity index (χ2n) is 5.48. The standard InChI is InChI=1S/C12H23NO/c1-8-4-11-5-13(9(2)7-14)6-12(11)10(8)3/h8-12,14H,4-7H2,1-3H3. The van der Waals surface area contributed by atoms with Crippen LogP contribution in [-0.4, -0.2) is 35.7 Å². The molecule has 0 spiro atoms. The summed E-state index contributed by atoms with van der Waals surface area (Å²) in [6.07, 6.45) is 1.40. The van der Waals surface area contributed by atoms with Gasteiger partial charge in [0.1, 0.15) is 0 Å². The van der Waals surface area contributed by atoms with Crippen LogP contribution < -0.4 is 0 Å². The largest absolute Gasteiger partial charge is 0.395 e. The molecule has 82 valence electrons. The van der Waals surface area contributed by atoms with Crippen LogP contribution in [0, 0.1) is 23.7 Å². The van der Waals surface area contributed by atoms with Gasteiger partial charge in [0, 0.05) is 19.1 Å². The Morgan fingerprint density at radius 3 is 2.64 bits per heavy atom. The molecule has 1 saturated heterocycles. The van der Waals surface area contributed by atoms with Crippen LogP contribution in [0.3, 0.4) is 0 Å². The maximum absolute atomic E-state index is 9.13. The zero-order chi connectivity index (χ0) is 10.3. The van der Waals surface area contributed by atoms with E-state index in [9.17, 15) is 0 Å². The van der Waals surface area contributed by atoms with Gasteiger partial charge in [-0.1, -0.05) is 13.8 Å². The van der Waals surface area contributed by atoms with Gasteiger partial charge in [-0.25, -0.2) is 0 Å². The van der Waals surface area contributed by atoms with E-state index in [-0.39, 0.29) is 0 Å². The molecule has 1 saturated carbocycles. The predicted octanol–water partition coefficient (Wildman–Crippen LogP) is 1.59. The normalized spacial score (nSPS) is 45.4. The highest BCUT2D eigenvalue weighted by Crippen LogP contribution is 2.45. The lowest BCUT2D eigenvalue weighted by Crippen LogP contribution is -2.35. The molecule has 2 fully saturated rings. The van der Waals surface area contributed by atoms with Gasteiger partial charge in [-0.3, -0.25) is 4.90 Å². The molecule has 2 nitrogen and oxygen atoms in total. The number of likely N-dealkylation sites (tertiary alicyclic amines) is 1. The Kier molecular flexibility index (Phi) is 2.85. The fourth-order valence-electron chi connectivity index (χ4n) is 3.37. The van der Waals surface area contributed by atoms with Crippen molar-refractivity contribution in [2.24, 2.45) is 23.7 Å². The molecule has 14 heavy (non-hydrogen) atoms. The van der Waals surface area contributed by atoms with Crippen LogP contribution >= 0.6 is 0 Å². The lowest BCUT2D eigenvalue weighted by Gasteiger charge is -2.25. The highest BCUT2D eigenvalue weighted by atomic mass is 16.3. The van der Waals surface area contributed by atoms with Gasteiger partial charge < -0.3 is 5.11 Å². The van der Waals surface area contributed by atoms with Crippen LogP contribution in [0.5, 0.6) is 0 Å². The van der Waals surface area contributed by atoms with Gasteiger partial charge in [-0.15, -0.1) is 0 Å². The Morgan fingerprint density at radius 1 is 1.36 bits per heavy atom. The van der Waals surface area contributed by atoms with Crippen molar-refractivity contribution in [3.05, 3.63) is 0 Å². The summed E-state index contributed by atoms with van der Waals surface area (Å²) in [5, 5.41) is 9.13. The summed E-state index contributed by atoms with van der Waals surface area (Å²) in [4.78, 5) is 2.47. The number of rotatable bonds is 2. The van der Waals surface area contributed by atoms with Gasteiger partial charge in [0.05, 0.1) is 6.61 Å². The van der Waals surface area contributed by atoms with Crippen molar-refractivity contribution in [2.75, 3.05) is 19.7 Å². The molecular formula is C12H23NO. The van der Waals surface area contributed by atoms with E-state index in [2.05, 4.69) is 25.7 Å². The lowest BCUT2D eigenvalue weighted by molar-refractivity contribution is 0.143. The van der Waals surface area contributed by atoms with Crippen LogP contribution in [-0.2, 0) is 0 Å². The number of fused-ring (bicyclic) bond motifs is 1. The van der Waals surface area contributed by atoms with E-state index in [4.69, 9.17) is 5.11 Å². The Bertz CT molecular complexity index is 206. The van der Waals surface area contributed by atoms with Crippen LogP contribution in [0.1, 0.15) is 27.2 Å². The summed E-state index contributed by atoms with van der Waals surface area (Å²) in [5.74, 6) is 3.61. The quantitative estimate of drug-likeness (QED) is 0.726. The monoisotopic (exact) mass is 197 g/mol. The summed E-state index contributed by atoms with van der Waals surface area (Å²) < 4.78 is 0. The molecule has 0 aromatic carbocycles. The van der Waals surface area contributed by atoms with Crippen LogP contribution in [0.15, 0.2) is 0 Å². The van der Waals surface area contributed by atoms with Gasteiger partial charge >= 0.3 is 0 Å². The molecule has 0 aromatic heterocycles. The zero-order valence-corrected chi connectivity index (χ0v) is 9.61. The second-order valence-corrected chi connectivity index (χ2v) is 5.48. The van der Waals surface area contributed by atoms with E-state index in [0.29, 0.717) is 12.6 Å². The molecule has 5 unspecified atom stereocenters. The predicted molar refractivity (Wildman–Crippen MR) is 58.0 cm³/mol. The van der Waals surface area contributed by atoms with Gasteiger partial charge in [0.2, 0.25) is 0 Å². The molecule has 1 aliphatic heterocycles. The molecule has 1 heterocycles. The first-order valence-corrected chi connectivity index (χ1v) is 5.98. The first-order valence-electron chi connectivity index (χ1n) is 5.98. The molecule has 1 aliphatic carbocycles. The molecule has 0 bridgehead atoms. The van der Waals surface area contributed by atoms with Crippen molar-refractivity contribution in [2.45, 2.75) is 33.2 Å². The number of aliphatic hydroxyl groups is 1. The maximum atomic E-state index is 9.13. The number of aliphatic hydroxyl groups excluding tert-OH is 1. The summed E-state index contributed by atoms with van der Waals surface area (Å²) in [5.41, 5.74) is 0. The van der Waals surface area contributed by atoms with Crippen LogP contribution in [0.25, 0.3) is 0 Å². The summed E-state index contributed by atoms with van der Waals surface area (Å²) in [6.45, 7) is 9.68. The van der Waals surface area contributed by atoms with Crippen LogP contribution in [0.2, 0.25) is 0 Å². The van der Waals surface area contributed by atoms with Gasteiger partial charge in [-0.2, -0.15) is 0 Å². The Balaban J connectivity index is 1.97. The Hall–Kier alpha value is -0.0800. The average Bonchev–Trinajstić information content (AvgIpc) is 2.68. The third kappa shape index (κ3) is 1.59. The Morgan fingerprint density at radius 2 is 2.07 bits per heavy atom. The van der Waals surface area contributed by atoms with E-state index in [1.54, 1.807) is 0 Å². The minimum atomic E-state index is 0.309. The molecular weight excluding hydrogens is 174 g/mol. The van der Waals surface area contributed by atoms with Crippen molar-refractivity contribution in [3.8, 4) is 0 Å². The number of hydrogen-bond donors (Lipinski definition) is 1. The number of hydrogen-bond acceptors (Lipinski definition) is 2. The van der Waals surface area contributed by atoms with Crippen molar-refractivity contribution in [3.63, 3.8) is 0 Å². The average molecular weight is 197 g/mol. The van der Waals surface area contributed by atoms with Crippen molar-refractivity contribution < 1.29 is 5.11 Å². The van der Waals surface area contributed by atoms with E-state index < -0.39 is 0 Å². The van der Waals surface area contributed by atoms with Crippen molar-refractivity contribution in [1.82, 2.24) is 4.90 Å². The zero-order valence-electron chi connectivity index (χ0n) is 9.61. The van der Waals surface area contributed by atoms with E-state index in [1.165, 1.54) is 19.5 Å². The van der Waals surface area contributed by atoms with Gasteiger partial charge in [0.15, 0.2) is 0 Å². The number of nitrogens with zero attached hydrogens (tertiary/aromatic N) is 1. The molecule has 2 rings (SSSR count). The van der Waals surface area contributed by atoms with Gasteiger partial charge in [-0.05, 0) is 37.0 Å². The molecule has 0 radical (unpaired) electrons. The fourth-order valence-corrected chi connectivity index (χ4v) is 3.37. The fraction of sp³-hybridized carbons (Fsp3) is 1.00. The molecule has 2 heteroatoms. The summed E-state index contributed by atoms with van der Waals surface area (Å²) in [7, 11) is 0. The topological polar surface area (TPSA) is 23.5 Å². The van der Waals surface area contributed by atoms with E-state index in [0.717, 1.165) is 23.7 Å². The highest BCUT2D eigenvalue weighted by molar-refractivity contribution is 4.95. The third-order valence-electron chi connectivity index (χ3n) is 4.65. The molecule has 2 aliphatic rings. The smallest absolute Gasteiger partial charge is 0.0584 e. The van der Waals surface area contributed by atoms with Crippen molar-refractivity contribution in [1.29, 1.82) is 0 Å². The van der Waals surface area contributed by atoms with E-state index >= 15 is 0 Å². The summed E-state index contributed by atoms with van der Waals surface area (Å²) in [6, 6.07) is 0.364. The minimum absolute atomic E-state index is 0.309. The Labute approximate surface area is 87.3 Å². The SMILES string of the molecule is CC1CC2CN(C(C)CO)CC2C1C. The maximum Gasteiger partial charge on any atom is 0.0584 e. The van der Waals surface area contributed by atoms with Crippen LogP contribution in [0.4, 0.5) is 0 Å². The summed E-state index contributed by atoms with van der Waals surface area (Å²) >= 11 is 0. The highest BCUT2D eigenvalue weighted by Gasteiger charge is 2.44.